The third-order valence-corrected chi connectivity index (χ3v) is 2.84. The number of anilines is 1. The minimum atomic E-state index is 0.527. The Balaban J connectivity index is 1.75. The lowest BCUT2D eigenvalue weighted by molar-refractivity contribution is 0.332. The third-order valence-electron chi connectivity index (χ3n) is 2.31. The Morgan fingerprint density at radius 3 is 2.74 bits per heavy atom. The van der Waals surface area contributed by atoms with Gasteiger partial charge in [0.25, 0.3) is 0 Å². The summed E-state index contributed by atoms with van der Waals surface area (Å²) in [4.78, 5) is 8.22. The highest BCUT2D eigenvalue weighted by Crippen LogP contribution is 2.15. The number of ether oxygens (including phenoxy) is 2. The number of methoxy groups -OCH3 is 1. The summed E-state index contributed by atoms with van der Waals surface area (Å²) in [5.41, 5.74) is 0. The fourth-order valence-electron chi connectivity index (χ4n) is 1.40. The predicted molar refractivity (Wildman–Crippen MR) is 76.7 cm³/mol. The minimum Gasteiger partial charge on any atom is -0.492 e. The molecule has 0 saturated carbocycles. The molecular formula is C13H14BrN3O2. The topological polar surface area (TPSA) is 56.3 Å². The Morgan fingerprint density at radius 1 is 1.21 bits per heavy atom. The molecule has 6 heteroatoms. The Hall–Kier alpha value is -1.82. The third kappa shape index (κ3) is 4.40. The van der Waals surface area contributed by atoms with Gasteiger partial charge in [0.2, 0.25) is 11.8 Å². The molecule has 0 amide bonds. The van der Waals surface area contributed by atoms with E-state index >= 15 is 0 Å². The van der Waals surface area contributed by atoms with Gasteiger partial charge >= 0.3 is 0 Å². The fourth-order valence-corrected chi connectivity index (χ4v) is 1.67. The lowest BCUT2D eigenvalue weighted by Crippen LogP contribution is -2.13. The predicted octanol–water partition coefficient (Wildman–Crippen LogP) is 2.74. The van der Waals surface area contributed by atoms with Gasteiger partial charge < -0.3 is 14.8 Å². The molecule has 1 aromatic carbocycles. The summed E-state index contributed by atoms with van der Waals surface area (Å²) in [6.45, 7) is 1.14. The maximum atomic E-state index is 5.57. The summed E-state index contributed by atoms with van der Waals surface area (Å²) in [7, 11) is 1.57. The van der Waals surface area contributed by atoms with Crippen LogP contribution < -0.4 is 14.8 Å². The first-order valence-corrected chi connectivity index (χ1v) is 6.56. The summed E-state index contributed by atoms with van der Waals surface area (Å²) in [5, 5.41) is 3.06. The molecule has 0 spiro atoms. The standard InChI is InChI=1S/C13H14BrN3O2/c1-18-12-6-7-15-13(17-12)16-8-9-19-11-4-2-10(14)3-5-11/h2-7H,8-9H2,1H3,(H,15,16,17). The average molecular weight is 324 g/mol. The molecule has 1 N–H and O–H groups in total. The molecule has 0 bridgehead atoms. The first-order chi connectivity index (χ1) is 9.28. The Labute approximate surface area is 120 Å². The van der Waals surface area contributed by atoms with E-state index < -0.39 is 0 Å². The van der Waals surface area contributed by atoms with E-state index in [0.717, 1.165) is 10.2 Å². The van der Waals surface area contributed by atoms with E-state index in [2.05, 4.69) is 31.2 Å². The van der Waals surface area contributed by atoms with Crippen LogP contribution in [-0.2, 0) is 0 Å². The summed E-state index contributed by atoms with van der Waals surface area (Å²) in [6, 6.07) is 9.39. The van der Waals surface area contributed by atoms with Crippen LogP contribution in [0.5, 0.6) is 11.6 Å². The highest BCUT2D eigenvalue weighted by Gasteiger charge is 1.98. The maximum Gasteiger partial charge on any atom is 0.226 e. The molecule has 0 aliphatic carbocycles. The quantitative estimate of drug-likeness (QED) is 0.828. The van der Waals surface area contributed by atoms with Crippen LogP contribution in [0.2, 0.25) is 0 Å². The van der Waals surface area contributed by atoms with Crippen LogP contribution in [-0.4, -0.2) is 30.2 Å². The summed E-state index contributed by atoms with van der Waals surface area (Å²) < 4.78 is 11.6. The molecule has 0 aliphatic rings. The molecule has 0 radical (unpaired) electrons. The van der Waals surface area contributed by atoms with E-state index in [4.69, 9.17) is 9.47 Å². The summed E-state index contributed by atoms with van der Waals surface area (Å²) >= 11 is 3.38. The van der Waals surface area contributed by atoms with Gasteiger partial charge in [0.1, 0.15) is 12.4 Å². The number of rotatable bonds is 6. The van der Waals surface area contributed by atoms with Gasteiger partial charge in [-0.25, -0.2) is 4.98 Å². The lowest BCUT2D eigenvalue weighted by atomic mass is 10.3. The largest absolute Gasteiger partial charge is 0.492 e. The van der Waals surface area contributed by atoms with E-state index in [0.29, 0.717) is 25.0 Å². The molecular weight excluding hydrogens is 310 g/mol. The minimum absolute atomic E-state index is 0.527. The van der Waals surface area contributed by atoms with Gasteiger partial charge in [-0.05, 0) is 24.3 Å². The number of hydrogen-bond donors (Lipinski definition) is 1. The molecule has 5 nitrogen and oxygen atoms in total. The second-order valence-corrected chi connectivity index (χ2v) is 4.57. The zero-order valence-electron chi connectivity index (χ0n) is 10.5. The van der Waals surface area contributed by atoms with E-state index in [1.165, 1.54) is 0 Å². The monoisotopic (exact) mass is 323 g/mol. The van der Waals surface area contributed by atoms with Crippen LogP contribution >= 0.6 is 15.9 Å². The van der Waals surface area contributed by atoms with Crippen LogP contribution in [0.3, 0.4) is 0 Å². The normalized spacial score (nSPS) is 10.0. The van der Waals surface area contributed by atoms with Crippen molar-refractivity contribution in [3.05, 3.63) is 41.0 Å². The molecule has 0 atom stereocenters. The van der Waals surface area contributed by atoms with E-state index in [1.54, 1.807) is 19.4 Å². The van der Waals surface area contributed by atoms with Crippen LogP contribution in [0.4, 0.5) is 5.95 Å². The first-order valence-electron chi connectivity index (χ1n) is 5.77. The SMILES string of the molecule is COc1ccnc(NCCOc2ccc(Br)cc2)n1. The molecule has 0 aliphatic heterocycles. The fraction of sp³-hybridized carbons (Fsp3) is 0.231. The molecule has 2 aromatic rings. The van der Waals surface area contributed by atoms with Gasteiger partial charge in [-0.3, -0.25) is 0 Å². The van der Waals surface area contributed by atoms with Gasteiger partial charge in [0.15, 0.2) is 0 Å². The van der Waals surface area contributed by atoms with Crippen molar-refractivity contribution in [2.45, 2.75) is 0 Å². The maximum absolute atomic E-state index is 5.57. The number of nitrogens with zero attached hydrogens (tertiary/aromatic N) is 2. The van der Waals surface area contributed by atoms with Gasteiger partial charge in [-0.1, -0.05) is 15.9 Å². The lowest BCUT2D eigenvalue weighted by Gasteiger charge is -2.08. The Morgan fingerprint density at radius 2 is 2.00 bits per heavy atom. The second kappa shape index (κ2) is 6.94. The summed E-state index contributed by atoms with van der Waals surface area (Å²) in [6.07, 6.45) is 1.64. The molecule has 2 rings (SSSR count). The highest BCUT2D eigenvalue weighted by atomic mass is 79.9. The van der Waals surface area contributed by atoms with Crippen LogP contribution in [0, 0.1) is 0 Å². The molecule has 100 valence electrons. The van der Waals surface area contributed by atoms with Gasteiger partial charge in [-0.2, -0.15) is 4.98 Å². The van der Waals surface area contributed by atoms with Gasteiger partial charge in [-0.15, -0.1) is 0 Å². The van der Waals surface area contributed by atoms with Gasteiger partial charge in [0, 0.05) is 16.7 Å². The van der Waals surface area contributed by atoms with Crippen LogP contribution in [0.15, 0.2) is 41.0 Å². The van der Waals surface area contributed by atoms with Crippen molar-refractivity contribution in [2.24, 2.45) is 0 Å². The van der Waals surface area contributed by atoms with Crippen molar-refractivity contribution >= 4 is 21.9 Å². The van der Waals surface area contributed by atoms with Crippen molar-refractivity contribution in [3.63, 3.8) is 0 Å². The molecule has 0 saturated heterocycles. The van der Waals surface area contributed by atoms with Crippen LogP contribution in [0.1, 0.15) is 0 Å². The molecule has 0 unspecified atom stereocenters. The van der Waals surface area contributed by atoms with Crippen molar-refractivity contribution in [2.75, 3.05) is 25.6 Å². The molecule has 1 heterocycles. The highest BCUT2D eigenvalue weighted by molar-refractivity contribution is 9.10. The van der Waals surface area contributed by atoms with E-state index in [9.17, 15) is 0 Å². The average Bonchev–Trinajstić information content (AvgIpc) is 2.46. The number of benzene rings is 1. The number of nitrogens with one attached hydrogen (secondary N) is 1. The zero-order valence-corrected chi connectivity index (χ0v) is 12.1. The Bertz CT molecular complexity index is 520. The van der Waals surface area contributed by atoms with Crippen molar-refractivity contribution < 1.29 is 9.47 Å². The number of hydrogen-bond acceptors (Lipinski definition) is 5. The van der Waals surface area contributed by atoms with Crippen LogP contribution in [0.25, 0.3) is 0 Å². The first kappa shape index (κ1) is 13.6. The van der Waals surface area contributed by atoms with Crippen molar-refractivity contribution in [1.29, 1.82) is 0 Å². The molecule has 19 heavy (non-hydrogen) atoms. The number of halogens is 1. The van der Waals surface area contributed by atoms with Crippen molar-refractivity contribution in [1.82, 2.24) is 9.97 Å². The zero-order chi connectivity index (χ0) is 13.5. The van der Waals surface area contributed by atoms with Crippen molar-refractivity contribution in [3.8, 4) is 11.6 Å². The second-order valence-electron chi connectivity index (χ2n) is 3.65. The van der Waals surface area contributed by atoms with Gasteiger partial charge in [0.05, 0.1) is 13.7 Å². The van der Waals surface area contributed by atoms with E-state index in [-0.39, 0.29) is 0 Å². The molecule has 1 aromatic heterocycles. The number of aromatic nitrogens is 2. The van der Waals surface area contributed by atoms with E-state index in [1.807, 2.05) is 24.3 Å². The Kier molecular flexibility index (Phi) is 4.97. The smallest absolute Gasteiger partial charge is 0.226 e. The summed E-state index contributed by atoms with van der Waals surface area (Å²) in [5.74, 6) is 1.89. The molecule has 0 fully saturated rings.